The fourth-order valence-electron chi connectivity index (χ4n) is 6.49. The van der Waals surface area contributed by atoms with Crippen LogP contribution in [0.4, 0.5) is 0 Å². The molecule has 1 aromatic rings. The van der Waals surface area contributed by atoms with E-state index >= 15 is 0 Å². The molecule has 2 heterocycles. The fraction of sp³-hybridized carbons (Fsp3) is 0.704. The van der Waals surface area contributed by atoms with Crippen molar-refractivity contribution in [2.45, 2.75) is 85.4 Å². The lowest BCUT2D eigenvalue weighted by Gasteiger charge is -2.44. The van der Waals surface area contributed by atoms with Crippen LogP contribution in [0, 0.1) is 23.2 Å². The monoisotopic (exact) mass is 395 g/mol. The number of rotatable bonds is 7. The van der Waals surface area contributed by atoms with E-state index in [4.69, 9.17) is 4.74 Å². The summed E-state index contributed by atoms with van der Waals surface area (Å²) in [5, 5.41) is 0. The molecule has 1 saturated carbocycles. The third kappa shape index (κ3) is 4.49. The predicted molar refractivity (Wildman–Crippen MR) is 122 cm³/mol. The third-order valence-corrected chi connectivity index (χ3v) is 8.26. The molecule has 1 aliphatic carbocycles. The second-order valence-corrected chi connectivity index (χ2v) is 11.3. The predicted octanol–water partition coefficient (Wildman–Crippen LogP) is 6.60. The molecule has 0 spiro atoms. The van der Waals surface area contributed by atoms with Crippen molar-refractivity contribution in [1.82, 2.24) is 4.90 Å². The third-order valence-electron chi connectivity index (χ3n) is 8.26. The number of nitrogens with zero attached hydrogens (tertiary/aromatic N) is 1. The maximum absolute atomic E-state index is 5.81. The molecule has 0 saturated heterocycles. The van der Waals surface area contributed by atoms with Gasteiger partial charge >= 0.3 is 0 Å². The largest absolute Gasteiger partial charge is 0.373 e. The maximum atomic E-state index is 5.81. The lowest BCUT2D eigenvalue weighted by Crippen LogP contribution is -2.45. The Morgan fingerprint density at radius 3 is 2.31 bits per heavy atom. The zero-order valence-electron chi connectivity index (χ0n) is 19.3. The van der Waals surface area contributed by atoms with E-state index in [9.17, 15) is 0 Å². The van der Waals surface area contributed by atoms with Gasteiger partial charge in [0.15, 0.2) is 0 Å². The summed E-state index contributed by atoms with van der Waals surface area (Å²) in [6.45, 7) is 16.1. The minimum absolute atomic E-state index is 0.174. The SMILES string of the molecule is CC(C)C1CCC(CC(C)(CC(C)(C)N2Cc3ccccc3C2)C2=CCOC2)C1. The van der Waals surface area contributed by atoms with Crippen molar-refractivity contribution in [2.75, 3.05) is 13.2 Å². The molecule has 2 aliphatic heterocycles. The molecule has 4 rings (SSSR count). The summed E-state index contributed by atoms with van der Waals surface area (Å²) in [7, 11) is 0. The van der Waals surface area contributed by atoms with Crippen LogP contribution in [-0.2, 0) is 17.8 Å². The van der Waals surface area contributed by atoms with Gasteiger partial charge in [0.2, 0.25) is 0 Å². The first kappa shape index (κ1) is 21.1. The van der Waals surface area contributed by atoms with Crippen LogP contribution >= 0.6 is 0 Å². The average Bonchev–Trinajstić information content (AvgIpc) is 3.41. The van der Waals surface area contributed by atoms with E-state index in [2.05, 4.69) is 69.9 Å². The summed E-state index contributed by atoms with van der Waals surface area (Å²) in [6.07, 6.45) is 9.21. The molecule has 3 atom stereocenters. The van der Waals surface area contributed by atoms with Crippen LogP contribution in [0.25, 0.3) is 0 Å². The molecule has 0 bridgehead atoms. The molecular weight excluding hydrogens is 354 g/mol. The topological polar surface area (TPSA) is 12.5 Å². The molecule has 3 unspecified atom stereocenters. The number of ether oxygens (including phenoxy) is 1. The maximum Gasteiger partial charge on any atom is 0.0687 e. The molecule has 2 nitrogen and oxygen atoms in total. The van der Waals surface area contributed by atoms with Crippen molar-refractivity contribution in [3.05, 3.63) is 47.0 Å². The quantitative estimate of drug-likeness (QED) is 0.482. The second-order valence-electron chi connectivity index (χ2n) is 11.3. The first-order chi connectivity index (χ1) is 13.8. The molecule has 1 fully saturated rings. The van der Waals surface area contributed by atoms with Crippen LogP contribution < -0.4 is 0 Å². The van der Waals surface area contributed by atoms with Gasteiger partial charge in [0.25, 0.3) is 0 Å². The molecule has 3 aliphatic rings. The Balaban J connectivity index is 1.50. The van der Waals surface area contributed by atoms with Crippen LogP contribution in [-0.4, -0.2) is 23.7 Å². The van der Waals surface area contributed by atoms with Gasteiger partial charge < -0.3 is 4.74 Å². The molecule has 2 heteroatoms. The molecule has 1 aromatic carbocycles. The summed E-state index contributed by atoms with van der Waals surface area (Å²) in [5.41, 5.74) is 5.01. The van der Waals surface area contributed by atoms with Crippen LogP contribution in [0.15, 0.2) is 35.9 Å². The highest BCUT2D eigenvalue weighted by Crippen LogP contribution is 2.49. The zero-order chi connectivity index (χ0) is 20.6. The van der Waals surface area contributed by atoms with E-state index in [-0.39, 0.29) is 11.0 Å². The Labute approximate surface area is 178 Å². The van der Waals surface area contributed by atoms with E-state index < -0.39 is 0 Å². The normalized spacial score (nSPS) is 27.3. The summed E-state index contributed by atoms with van der Waals surface area (Å²) < 4.78 is 5.81. The zero-order valence-corrected chi connectivity index (χ0v) is 19.3. The Hall–Kier alpha value is -1.12. The van der Waals surface area contributed by atoms with Gasteiger partial charge in [-0.3, -0.25) is 4.90 Å². The minimum atomic E-state index is 0.174. The molecule has 0 N–H and O–H groups in total. The number of fused-ring (bicyclic) bond motifs is 1. The summed E-state index contributed by atoms with van der Waals surface area (Å²) in [5.74, 6) is 2.64. The lowest BCUT2D eigenvalue weighted by molar-refractivity contribution is 0.0614. The Morgan fingerprint density at radius 1 is 1.07 bits per heavy atom. The lowest BCUT2D eigenvalue weighted by atomic mass is 9.67. The van der Waals surface area contributed by atoms with Gasteiger partial charge in [0.05, 0.1) is 13.2 Å². The number of hydrogen-bond donors (Lipinski definition) is 0. The molecule has 0 amide bonds. The summed E-state index contributed by atoms with van der Waals surface area (Å²) >= 11 is 0. The van der Waals surface area contributed by atoms with Crippen LogP contribution in [0.3, 0.4) is 0 Å². The molecular formula is C27H41NO. The smallest absolute Gasteiger partial charge is 0.0687 e. The first-order valence-corrected chi connectivity index (χ1v) is 11.9. The second kappa shape index (κ2) is 8.19. The van der Waals surface area contributed by atoms with Gasteiger partial charge in [0.1, 0.15) is 0 Å². The highest BCUT2D eigenvalue weighted by atomic mass is 16.5. The van der Waals surface area contributed by atoms with Crippen molar-refractivity contribution in [1.29, 1.82) is 0 Å². The van der Waals surface area contributed by atoms with Gasteiger partial charge in [-0.15, -0.1) is 0 Å². The van der Waals surface area contributed by atoms with E-state index in [0.29, 0.717) is 0 Å². The fourth-order valence-corrected chi connectivity index (χ4v) is 6.49. The molecule has 160 valence electrons. The molecule has 0 aromatic heterocycles. The highest BCUT2D eigenvalue weighted by molar-refractivity contribution is 5.31. The van der Waals surface area contributed by atoms with Crippen molar-refractivity contribution in [3.8, 4) is 0 Å². The molecule has 29 heavy (non-hydrogen) atoms. The van der Waals surface area contributed by atoms with Gasteiger partial charge in [-0.1, -0.05) is 57.5 Å². The standard InChI is InChI=1S/C27H41NO/c1-20(2)22-11-10-21(14-22)15-27(5,25-12-13-29-18-25)19-26(3,4)28-16-23-8-6-7-9-24(23)17-28/h6-9,12,20-22H,10-11,13-19H2,1-5H3. The van der Waals surface area contributed by atoms with Gasteiger partial charge in [0, 0.05) is 18.6 Å². The Morgan fingerprint density at radius 2 is 1.76 bits per heavy atom. The number of benzene rings is 1. The van der Waals surface area contributed by atoms with Crippen LogP contribution in [0.1, 0.15) is 77.8 Å². The van der Waals surface area contributed by atoms with E-state index in [1.165, 1.54) is 43.2 Å². The van der Waals surface area contributed by atoms with Crippen LogP contribution in [0.2, 0.25) is 0 Å². The highest BCUT2D eigenvalue weighted by Gasteiger charge is 2.43. The summed E-state index contributed by atoms with van der Waals surface area (Å²) in [4.78, 5) is 2.71. The Bertz CT molecular complexity index is 724. The van der Waals surface area contributed by atoms with E-state index in [0.717, 1.165) is 44.1 Å². The first-order valence-electron chi connectivity index (χ1n) is 11.9. The van der Waals surface area contributed by atoms with Crippen molar-refractivity contribution < 1.29 is 4.74 Å². The van der Waals surface area contributed by atoms with Crippen LogP contribution in [0.5, 0.6) is 0 Å². The summed E-state index contributed by atoms with van der Waals surface area (Å²) in [6, 6.07) is 8.99. The van der Waals surface area contributed by atoms with Gasteiger partial charge in [-0.25, -0.2) is 0 Å². The Kier molecular flexibility index (Phi) is 5.97. The molecule has 0 radical (unpaired) electrons. The van der Waals surface area contributed by atoms with Gasteiger partial charge in [-0.05, 0) is 79.4 Å². The number of hydrogen-bond acceptors (Lipinski definition) is 2. The average molecular weight is 396 g/mol. The van der Waals surface area contributed by atoms with E-state index in [1.54, 1.807) is 5.57 Å². The minimum Gasteiger partial charge on any atom is -0.373 e. The van der Waals surface area contributed by atoms with Crippen molar-refractivity contribution in [3.63, 3.8) is 0 Å². The van der Waals surface area contributed by atoms with Crippen molar-refractivity contribution >= 4 is 0 Å². The van der Waals surface area contributed by atoms with E-state index in [1.807, 2.05) is 0 Å². The van der Waals surface area contributed by atoms with Gasteiger partial charge in [-0.2, -0.15) is 0 Å². The van der Waals surface area contributed by atoms with Crippen molar-refractivity contribution in [2.24, 2.45) is 23.2 Å².